The number of carbonyl (C=O) groups excluding carboxylic acids is 1. The van der Waals surface area contributed by atoms with Crippen LogP contribution in [0.15, 0.2) is 0 Å². The lowest BCUT2D eigenvalue weighted by molar-refractivity contribution is -0.157. The van der Waals surface area contributed by atoms with Gasteiger partial charge in [-0.1, -0.05) is 0 Å². The highest BCUT2D eigenvalue weighted by Crippen LogP contribution is 2.32. The summed E-state index contributed by atoms with van der Waals surface area (Å²) < 4.78 is 36.2. The molecule has 0 bridgehead atoms. The van der Waals surface area contributed by atoms with Crippen molar-refractivity contribution in [2.75, 3.05) is 6.54 Å². The van der Waals surface area contributed by atoms with Gasteiger partial charge in [-0.2, -0.15) is 13.2 Å². The first-order chi connectivity index (χ1) is 5.86. The fourth-order valence-electron chi connectivity index (χ4n) is 1.60. The van der Waals surface area contributed by atoms with E-state index in [0.29, 0.717) is 13.0 Å². The van der Waals surface area contributed by atoms with Crippen LogP contribution in [0.4, 0.5) is 13.2 Å². The monoisotopic (exact) mass is 196 g/mol. The zero-order valence-electron chi connectivity index (χ0n) is 6.95. The van der Waals surface area contributed by atoms with Crippen LogP contribution in [-0.4, -0.2) is 24.2 Å². The van der Waals surface area contributed by atoms with Crippen LogP contribution in [0.1, 0.15) is 19.3 Å². The molecular formula is C7H11F3N2O. The van der Waals surface area contributed by atoms with Crippen LogP contribution in [0.25, 0.3) is 0 Å². The number of nitrogens with two attached hydrogens (primary N) is 1. The minimum Gasteiger partial charge on any atom is -0.368 e. The molecule has 1 aliphatic heterocycles. The first-order valence-corrected chi connectivity index (χ1v) is 3.97. The third kappa shape index (κ3) is 2.33. The highest BCUT2D eigenvalue weighted by molar-refractivity contribution is 5.85. The first-order valence-electron chi connectivity index (χ1n) is 3.97. The minimum atomic E-state index is -4.35. The molecule has 6 heteroatoms. The number of halogens is 3. The van der Waals surface area contributed by atoms with E-state index in [0.717, 1.165) is 0 Å². The molecule has 0 aromatic carbocycles. The van der Waals surface area contributed by atoms with E-state index in [-0.39, 0.29) is 6.42 Å². The van der Waals surface area contributed by atoms with Crippen LogP contribution in [0, 0.1) is 0 Å². The van der Waals surface area contributed by atoms with Crippen molar-refractivity contribution >= 4 is 5.91 Å². The van der Waals surface area contributed by atoms with Crippen molar-refractivity contribution in [1.82, 2.24) is 5.32 Å². The zero-order valence-corrected chi connectivity index (χ0v) is 6.95. The Labute approximate surface area is 73.5 Å². The van der Waals surface area contributed by atoms with Gasteiger partial charge >= 0.3 is 6.18 Å². The Kier molecular flexibility index (Phi) is 2.51. The largest absolute Gasteiger partial charge is 0.391 e. The van der Waals surface area contributed by atoms with Gasteiger partial charge in [0.1, 0.15) is 5.54 Å². The van der Waals surface area contributed by atoms with Crippen molar-refractivity contribution in [2.45, 2.75) is 31.0 Å². The number of amides is 1. The molecule has 0 aromatic heterocycles. The number of alkyl halides is 3. The Morgan fingerprint density at radius 1 is 1.54 bits per heavy atom. The van der Waals surface area contributed by atoms with E-state index >= 15 is 0 Å². The Morgan fingerprint density at radius 2 is 2.15 bits per heavy atom. The van der Waals surface area contributed by atoms with Crippen molar-refractivity contribution in [3.05, 3.63) is 0 Å². The molecule has 76 valence electrons. The molecule has 0 spiro atoms. The van der Waals surface area contributed by atoms with Gasteiger partial charge in [0.05, 0.1) is 6.42 Å². The number of nitrogens with one attached hydrogen (secondary N) is 1. The highest BCUT2D eigenvalue weighted by atomic mass is 19.4. The first kappa shape index (κ1) is 10.3. The second-order valence-electron chi connectivity index (χ2n) is 3.27. The lowest BCUT2D eigenvalue weighted by Crippen LogP contribution is -2.54. The standard InChI is InChI=1S/C7H11F3N2O/c8-7(9,10)4-6(5(11)13)2-1-3-12-6/h12H,1-4H2,(H2,11,13). The Balaban J connectivity index is 2.74. The molecule has 0 aliphatic carbocycles. The molecule has 0 aromatic rings. The summed E-state index contributed by atoms with van der Waals surface area (Å²) in [6.45, 7) is 0.416. The normalized spacial score (nSPS) is 29.2. The summed E-state index contributed by atoms with van der Waals surface area (Å²) in [7, 11) is 0. The summed E-state index contributed by atoms with van der Waals surface area (Å²) in [5.74, 6) is -0.915. The fourth-order valence-corrected chi connectivity index (χ4v) is 1.60. The van der Waals surface area contributed by atoms with Gasteiger partial charge < -0.3 is 11.1 Å². The molecule has 1 rings (SSSR count). The van der Waals surface area contributed by atoms with E-state index in [1.807, 2.05) is 0 Å². The lowest BCUT2D eigenvalue weighted by Gasteiger charge is -2.26. The van der Waals surface area contributed by atoms with Crippen LogP contribution in [0.2, 0.25) is 0 Å². The molecule has 1 fully saturated rings. The molecule has 13 heavy (non-hydrogen) atoms. The van der Waals surface area contributed by atoms with Gasteiger partial charge in [0.2, 0.25) is 5.91 Å². The maximum absolute atomic E-state index is 12.1. The van der Waals surface area contributed by atoms with Crippen molar-refractivity contribution in [1.29, 1.82) is 0 Å². The molecule has 1 heterocycles. The number of hydrogen-bond donors (Lipinski definition) is 2. The molecular weight excluding hydrogens is 185 g/mol. The summed E-state index contributed by atoms with van der Waals surface area (Å²) in [5.41, 5.74) is 3.38. The van der Waals surface area contributed by atoms with E-state index in [4.69, 9.17) is 5.73 Å². The van der Waals surface area contributed by atoms with E-state index in [9.17, 15) is 18.0 Å². The van der Waals surface area contributed by atoms with Crippen molar-refractivity contribution in [3.8, 4) is 0 Å². The van der Waals surface area contributed by atoms with Crippen LogP contribution in [-0.2, 0) is 4.79 Å². The van der Waals surface area contributed by atoms with Crippen LogP contribution >= 0.6 is 0 Å². The number of rotatable bonds is 2. The average Bonchev–Trinajstić information content (AvgIpc) is 2.33. The van der Waals surface area contributed by atoms with Crippen LogP contribution in [0.3, 0.4) is 0 Å². The Bertz CT molecular complexity index is 208. The van der Waals surface area contributed by atoms with E-state index in [1.54, 1.807) is 0 Å². The SMILES string of the molecule is NC(=O)C1(CC(F)(F)F)CCCN1. The summed E-state index contributed by atoms with van der Waals surface area (Å²) in [4.78, 5) is 10.9. The fraction of sp³-hybridized carbons (Fsp3) is 0.857. The van der Waals surface area contributed by atoms with Crippen molar-refractivity contribution in [3.63, 3.8) is 0 Å². The topological polar surface area (TPSA) is 55.1 Å². The summed E-state index contributed by atoms with van der Waals surface area (Å²) in [6.07, 6.45) is -4.80. The van der Waals surface area contributed by atoms with Crippen molar-refractivity contribution in [2.24, 2.45) is 5.73 Å². The molecule has 1 atom stereocenters. The highest BCUT2D eigenvalue weighted by Gasteiger charge is 2.48. The molecule has 1 saturated heterocycles. The van der Waals surface area contributed by atoms with Gasteiger partial charge in [0.25, 0.3) is 0 Å². The summed E-state index contributed by atoms with van der Waals surface area (Å²) in [5, 5.41) is 2.53. The third-order valence-electron chi connectivity index (χ3n) is 2.22. The molecule has 0 saturated carbocycles. The molecule has 1 unspecified atom stereocenters. The maximum atomic E-state index is 12.1. The van der Waals surface area contributed by atoms with Gasteiger partial charge in [0, 0.05) is 0 Å². The van der Waals surface area contributed by atoms with Crippen molar-refractivity contribution < 1.29 is 18.0 Å². The third-order valence-corrected chi connectivity index (χ3v) is 2.22. The Hall–Kier alpha value is -0.780. The Morgan fingerprint density at radius 3 is 2.46 bits per heavy atom. The predicted molar refractivity (Wildman–Crippen MR) is 39.8 cm³/mol. The average molecular weight is 196 g/mol. The van der Waals surface area contributed by atoms with Crippen LogP contribution < -0.4 is 11.1 Å². The summed E-state index contributed by atoms with van der Waals surface area (Å²) in [6, 6.07) is 0. The maximum Gasteiger partial charge on any atom is 0.391 e. The number of hydrogen-bond acceptors (Lipinski definition) is 2. The molecule has 3 N–H and O–H groups in total. The van der Waals surface area contributed by atoms with E-state index in [2.05, 4.69) is 5.32 Å². The second-order valence-corrected chi connectivity index (χ2v) is 3.27. The van der Waals surface area contributed by atoms with Gasteiger partial charge in [-0.3, -0.25) is 4.79 Å². The van der Waals surface area contributed by atoms with E-state index in [1.165, 1.54) is 0 Å². The summed E-state index contributed by atoms with van der Waals surface area (Å²) >= 11 is 0. The smallest absolute Gasteiger partial charge is 0.368 e. The number of primary amides is 1. The van der Waals surface area contributed by atoms with Gasteiger partial charge in [-0.25, -0.2) is 0 Å². The molecule has 1 amide bonds. The van der Waals surface area contributed by atoms with Gasteiger partial charge in [-0.15, -0.1) is 0 Å². The van der Waals surface area contributed by atoms with Crippen LogP contribution in [0.5, 0.6) is 0 Å². The van der Waals surface area contributed by atoms with Gasteiger partial charge in [-0.05, 0) is 19.4 Å². The van der Waals surface area contributed by atoms with E-state index < -0.39 is 24.0 Å². The molecule has 1 aliphatic rings. The lowest BCUT2D eigenvalue weighted by atomic mass is 9.92. The van der Waals surface area contributed by atoms with Gasteiger partial charge in [0.15, 0.2) is 0 Å². The zero-order chi connectivity index (χ0) is 10.1. The molecule has 3 nitrogen and oxygen atoms in total. The second kappa shape index (κ2) is 3.17. The molecule has 0 radical (unpaired) electrons. The predicted octanol–water partition coefficient (Wildman–Crippen LogP) is 0.546. The number of carbonyl (C=O) groups is 1. The minimum absolute atomic E-state index is 0.168. The quantitative estimate of drug-likeness (QED) is 0.677.